The van der Waals surface area contributed by atoms with Gasteiger partial charge in [-0.15, -0.1) is 0 Å². The Kier molecular flexibility index (Phi) is 2.62. The summed E-state index contributed by atoms with van der Waals surface area (Å²) in [4.78, 5) is 4.11. The first-order valence-corrected chi connectivity index (χ1v) is 5.99. The molecule has 0 fully saturated rings. The third-order valence-corrected chi connectivity index (χ3v) is 3.51. The summed E-state index contributed by atoms with van der Waals surface area (Å²) in [6.07, 6.45) is 4.70. The molecule has 1 aliphatic heterocycles. The lowest BCUT2D eigenvalue weighted by atomic mass is 9.94. The zero-order chi connectivity index (χ0) is 12.5. The highest BCUT2D eigenvalue weighted by molar-refractivity contribution is 5.33. The van der Waals surface area contributed by atoms with Crippen LogP contribution in [0.4, 0.5) is 0 Å². The SMILES string of the molecule is N#Cc1ccc([C@H]2CC[C@@H](O)c3cncn32)cc1. The third kappa shape index (κ3) is 1.69. The number of aliphatic hydroxyl groups is 1. The number of nitriles is 1. The van der Waals surface area contributed by atoms with Gasteiger partial charge in [0.15, 0.2) is 0 Å². The highest BCUT2D eigenvalue weighted by Crippen LogP contribution is 2.35. The summed E-state index contributed by atoms with van der Waals surface area (Å²) in [6.45, 7) is 0. The Bertz CT molecular complexity index is 594. The summed E-state index contributed by atoms with van der Waals surface area (Å²) in [6, 6.07) is 9.94. The minimum Gasteiger partial charge on any atom is -0.387 e. The molecule has 1 aliphatic rings. The minimum atomic E-state index is -0.415. The lowest BCUT2D eigenvalue weighted by Gasteiger charge is -2.28. The van der Waals surface area contributed by atoms with Crippen molar-refractivity contribution < 1.29 is 5.11 Å². The van der Waals surface area contributed by atoms with Gasteiger partial charge in [-0.25, -0.2) is 4.98 Å². The van der Waals surface area contributed by atoms with Crippen molar-refractivity contribution in [2.75, 3.05) is 0 Å². The normalized spacial score (nSPS) is 22.2. The van der Waals surface area contributed by atoms with Crippen LogP contribution in [0.3, 0.4) is 0 Å². The van der Waals surface area contributed by atoms with Crippen molar-refractivity contribution in [1.82, 2.24) is 9.55 Å². The molecule has 2 heterocycles. The molecule has 0 bridgehead atoms. The molecule has 4 heteroatoms. The summed E-state index contributed by atoms with van der Waals surface area (Å²) in [7, 11) is 0. The van der Waals surface area contributed by atoms with E-state index in [9.17, 15) is 5.11 Å². The molecular weight excluding hydrogens is 226 g/mol. The molecule has 3 rings (SSSR count). The quantitative estimate of drug-likeness (QED) is 0.829. The molecule has 1 N–H and O–H groups in total. The van der Waals surface area contributed by atoms with E-state index in [4.69, 9.17) is 5.26 Å². The summed E-state index contributed by atoms with van der Waals surface area (Å²) in [5.74, 6) is 0. The fourth-order valence-corrected chi connectivity index (χ4v) is 2.54. The van der Waals surface area contributed by atoms with Crippen molar-refractivity contribution in [3.8, 4) is 6.07 Å². The molecule has 0 amide bonds. The van der Waals surface area contributed by atoms with E-state index in [1.807, 2.05) is 28.8 Å². The summed E-state index contributed by atoms with van der Waals surface area (Å²) in [5, 5.41) is 18.7. The Morgan fingerprint density at radius 1 is 1.28 bits per heavy atom. The number of hydrogen-bond donors (Lipinski definition) is 1. The highest BCUT2D eigenvalue weighted by atomic mass is 16.3. The summed E-state index contributed by atoms with van der Waals surface area (Å²) in [5.41, 5.74) is 2.69. The molecule has 2 atom stereocenters. The fraction of sp³-hybridized carbons (Fsp3) is 0.286. The first kappa shape index (κ1) is 11.0. The van der Waals surface area contributed by atoms with Crippen LogP contribution in [0.25, 0.3) is 0 Å². The molecule has 0 unspecified atom stereocenters. The number of rotatable bonds is 1. The molecule has 90 valence electrons. The van der Waals surface area contributed by atoms with Crippen LogP contribution in [0, 0.1) is 11.3 Å². The zero-order valence-corrected chi connectivity index (χ0v) is 9.82. The molecule has 4 nitrogen and oxygen atoms in total. The van der Waals surface area contributed by atoms with Crippen LogP contribution >= 0.6 is 0 Å². The molecule has 1 aromatic carbocycles. The maximum absolute atomic E-state index is 9.89. The van der Waals surface area contributed by atoms with E-state index >= 15 is 0 Å². The van der Waals surface area contributed by atoms with Gasteiger partial charge < -0.3 is 9.67 Å². The number of imidazole rings is 1. The molecule has 18 heavy (non-hydrogen) atoms. The van der Waals surface area contributed by atoms with Crippen molar-refractivity contribution in [2.45, 2.75) is 25.0 Å². The topological polar surface area (TPSA) is 61.8 Å². The molecule has 0 aliphatic carbocycles. The van der Waals surface area contributed by atoms with E-state index in [1.165, 1.54) is 0 Å². The lowest BCUT2D eigenvalue weighted by Crippen LogP contribution is -2.20. The van der Waals surface area contributed by atoms with Crippen LogP contribution in [0.1, 0.15) is 41.8 Å². The van der Waals surface area contributed by atoms with Gasteiger partial charge >= 0.3 is 0 Å². The molecule has 2 aromatic rings. The van der Waals surface area contributed by atoms with Gasteiger partial charge in [0.25, 0.3) is 0 Å². The van der Waals surface area contributed by atoms with Gasteiger partial charge in [-0.05, 0) is 30.5 Å². The van der Waals surface area contributed by atoms with Gasteiger partial charge in [0, 0.05) is 0 Å². The molecule has 0 saturated heterocycles. The molecule has 0 saturated carbocycles. The second-order valence-corrected chi connectivity index (χ2v) is 4.57. The molecule has 0 spiro atoms. The molecule has 1 aromatic heterocycles. The highest BCUT2D eigenvalue weighted by Gasteiger charge is 2.26. The van der Waals surface area contributed by atoms with Crippen LogP contribution in [0.15, 0.2) is 36.8 Å². The van der Waals surface area contributed by atoms with Gasteiger partial charge in [0.05, 0.1) is 42.0 Å². The Labute approximate surface area is 105 Å². The Hall–Kier alpha value is -2.12. The number of aliphatic hydroxyl groups excluding tert-OH is 1. The lowest BCUT2D eigenvalue weighted by molar-refractivity contribution is 0.132. The second-order valence-electron chi connectivity index (χ2n) is 4.57. The Morgan fingerprint density at radius 3 is 2.78 bits per heavy atom. The monoisotopic (exact) mass is 239 g/mol. The zero-order valence-electron chi connectivity index (χ0n) is 9.82. The maximum atomic E-state index is 9.89. The van der Waals surface area contributed by atoms with Crippen LogP contribution in [0.5, 0.6) is 0 Å². The van der Waals surface area contributed by atoms with Gasteiger partial charge in [-0.1, -0.05) is 12.1 Å². The Balaban J connectivity index is 1.99. The van der Waals surface area contributed by atoms with E-state index in [0.717, 1.165) is 24.1 Å². The van der Waals surface area contributed by atoms with Crippen LogP contribution in [-0.2, 0) is 0 Å². The predicted molar refractivity (Wildman–Crippen MR) is 65.7 cm³/mol. The van der Waals surface area contributed by atoms with Crippen molar-refractivity contribution >= 4 is 0 Å². The minimum absolute atomic E-state index is 0.207. The van der Waals surface area contributed by atoms with Crippen molar-refractivity contribution in [2.24, 2.45) is 0 Å². The summed E-state index contributed by atoms with van der Waals surface area (Å²) < 4.78 is 2.02. The number of benzene rings is 1. The third-order valence-electron chi connectivity index (χ3n) is 3.51. The molecular formula is C14H13N3O. The standard InChI is InChI=1S/C14H13N3O/c15-7-10-1-3-11(4-2-10)12-5-6-14(18)13-8-16-9-17(12)13/h1-4,8-9,12,14,18H,5-6H2/t12-,14-/m1/s1. The van der Waals surface area contributed by atoms with E-state index in [-0.39, 0.29) is 6.04 Å². The van der Waals surface area contributed by atoms with Crippen LogP contribution in [0.2, 0.25) is 0 Å². The van der Waals surface area contributed by atoms with E-state index < -0.39 is 6.10 Å². The van der Waals surface area contributed by atoms with E-state index in [1.54, 1.807) is 12.5 Å². The maximum Gasteiger partial charge on any atom is 0.0991 e. The Morgan fingerprint density at radius 2 is 2.06 bits per heavy atom. The molecule has 0 radical (unpaired) electrons. The number of nitrogens with zero attached hydrogens (tertiary/aromatic N) is 3. The van der Waals surface area contributed by atoms with Crippen molar-refractivity contribution in [3.63, 3.8) is 0 Å². The number of hydrogen-bond acceptors (Lipinski definition) is 3. The summed E-state index contributed by atoms with van der Waals surface area (Å²) >= 11 is 0. The van der Waals surface area contributed by atoms with Gasteiger partial charge in [0.1, 0.15) is 0 Å². The number of fused-ring (bicyclic) bond motifs is 1. The predicted octanol–water partition coefficient (Wildman–Crippen LogP) is 2.17. The van der Waals surface area contributed by atoms with Gasteiger partial charge in [-0.3, -0.25) is 0 Å². The van der Waals surface area contributed by atoms with Crippen molar-refractivity contribution in [3.05, 3.63) is 53.6 Å². The average Bonchev–Trinajstić information content (AvgIpc) is 2.90. The van der Waals surface area contributed by atoms with E-state index in [2.05, 4.69) is 11.1 Å². The largest absolute Gasteiger partial charge is 0.387 e. The smallest absolute Gasteiger partial charge is 0.0991 e. The van der Waals surface area contributed by atoms with Gasteiger partial charge in [-0.2, -0.15) is 5.26 Å². The second kappa shape index (κ2) is 4.28. The van der Waals surface area contributed by atoms with Crippen LogP contribution in [-0.4, -0.2) is 14.7 Å². The number of aromatic nitrogens is 2. The average molecular weight is 239 g/mol. The fourth-order valence-electron chi connectivity index (χ4n) is 2.54. The van der Waals surface area contributed by atoms with Gasteiger partial charge in [0.2, 0.25) is 0 Å². The van der Waals surface area contributed by atoms with E-state index in [0.29, 0.717) is 5.56 Å². The van der Waals surface area contributed by atoms with Crippen molar-refractivity contribution in [1.29, 1.82) is 5.26 Å². The van der Waals surface area contributed by atoms with Crippen LogP contribution < -0.4 is 0 Å². The first-order valence-electron chi connectivity index (χ1n) is 5.99. The first-order chi connectivity index (χ1) is 8.79.